The molecule has 0 radical (unpaired) electrons. The smallest absolute Gasteiger partial charge is 0.154 e. The molecule has 0 aliphatic rings. The van der Waals surface area contributed by atoms with Crippen LogP contribution in [0.5, 0.6) is 17.2 Å². The van der Waals surface area contributed by atoms with Crippen LogP contribution in [0.2, 0.25) is 0 Å². The van der Waals surface area contributed by atoms with E-state index in [0.29, 0.717) is 28.5 Å². The lowest BCUT2D eigenvalue weighted by Crippen LogP contribution is -1.96. The summed E-state index contributed by atoms with van der Waals surface area (Å²) in [7, 11) is 1.58. The van der Waals surface area contributed by atoms with Crippen molar-refractivity contribution in [2.24, 2.45) is 0 Å². The Balaban J connectivity index is 2.33. The molecule has 0 bridgehead atoms. The number of nitrogen functional groups attached to an aromatic ring is 1. The van der Waals surface area contributed by atoms with Gasteiger partial charge in [-0.15, -0.1) is 0 Å². The van der Waals surface area contributed by atoms with Crippen LogP contribution in [-0.4, -0.2) is 12.2 Å². The molecule has 0 spiro atoms. The molecule has 0 aliphatic heterocycles. The monoisotopic (exact) mass is 245 g/mol. The van der Waals surface area contributed by atoms with Gasteiger partial charge < -0.3 is 20.3 Å². The van der Waals surface area contributed by atoms with Crippen molar-refractivity contribution in [2.45, 2.75) is 6.61 Å². The maximum atomic E-state index is 9.23. The van der Waals surface area contributed by atoms with E-state index in [2.05, 4.69) is 0 Å². The SMILES string of the molecule is COc1ccc(N)c(Oc2ccccc2CO)c1. The van der Waals surface area contributed by atoms with E-state index in [-0.39, 0.29) is 6.61 Å². The fourth-order valence-corrected chi connectivity index (χ4v) is 1.58. The van der Waals surface area contributed by atoms with Crippen molar-refractivity contribution < 1.29 is 14.6 Å². The van der Waals surface area contributed by atoms with Gasteiger partial charge in [-0.2, -0.15) is 0 Å². The summed E-state index contributed by atoms with van der Waals surface area (Å²) >= 11 is 0. The quantitative estimate of drug-likeness (QED) is 0.812. The predicted octanol–water partition coefficient (Wildman–Crippen LogP) is 2.56. The highest BCUT2D eigenvalue weighted by Crippen LogP contribution is 2.32. The summed E-state index contributed by atoms with van der Waals surface area (Å²) in [5.41, 5.74) is 7.07. The fraction of sp³-hybridized carbons (Fsp3) is 0.143. The molecule has 0 saturated carbocycles. The van der Waals surface area contributed by atoms with Crippen molar-refractivity contribution in [1.29, 1.82) is 0 Å². The molecular formula is C14H15NO3. The summed E-state index contributed by atoms with van der Waals surface area (Å²) in [6.07, 6.45) is 0. The second-order valence-corrected chi connectivity index (χ2v) is 3.77. The van der Waals surface area contributed by atoms with Crippen LogP contribution in [0.15, 0.2) is 42.5 Å². The summed E-state index contributed by atoms with van der Waals surface area (Å²) in [4.78, 5) is 0. The molecule has 0 atom stereocenters. The van der Waals surface area contributed by atoms with Gasteiger partial charge in [0.15, 0.2) is 5.75 Å². The number of aliphatic hydroxyl groups excluding tert-OH is 1. The molecule has 0 heterocycles. The number of aliphatic hydroxyl groups is 1. The number of anilines is 1. The lowest BCUT2D eigenvalue weighted by Gasteiger charge is -2.12. The molecular weight excluding hydrogens is 230 g/mol. The topological polar surface area (TPSA) is 64.7 Å². The van der Waals surface area contributed by atoms with Crippen LogP contribution in [0.4, 0.5) is 5.69 Å². The standard InChI is InChI=1S/C14H15NO3/c1-17-11-6-7-12(15)14(8-11)18-13-5-3-2-4-10(13)9-16/h2-8,16H,9,15H2,1H3. The molecule has 2 aromatic carbocycles. The maximum absolute atomic E-state index is 9.23. The minimum absolute atomic E-state index is 0.0833. The Morgan fingerprint density at radius 1 is 1.11 bits per heavy atom. The van der Waals surface area contributed by atoms with Crippen molar-refractivity contribution in [3.8, 4) is 17.2 Å². The minimum atomic E-state index is -0.0833. The molecule has 2 aromatic rings. The zero-order valence-electron chi connectivity index (χ0n) is 10.1. The van der Waals surface area contributed by atoms with E-state index >= 15 is 0 Å². The van der Waals surface area contributed by atoms with Crippen molar-refractivity contribution in [2.75, 3.05) is 12.8 Å². The van der Waals surface area contributed by atoms with Gasteiger partial charge in [0.05, 0.1) is 19.4 Å². The molecule has 0 aliphatic carbocycles. The van der Waals surface area contributed by atoms with Gasteiger partial charge >= 0.3 is 0 Å². The van der Waals surface area contributed by atoms with Gasteiger partial charge in [-0.25, -0.2) is 0 Å². The van der Waals surface area contributed by atoms with E-state index in [9.17, 15) is 5.11 Å². The maximum Gasteiger partial charge on any atom is 0.154 e. The molecule has 2 rings (SSSR count). The average molecular weight is 245 g/mol. The van der Waals surface area contributed by atoms with Crippen LogP contribution in [0, 0.1) is 0 Å². The van der Waals surface area contributed by atoms with E-state index in [4.69, 9.17) is 15.2 Å². The third-order valence-electron chi connectivity index (χ3n) is 2.58. The summed E-state index contributed by atoms with van der Waals surface area (Å²) < 4.78 is 10.8. The minimum Gasteiger partial charge on any atom is -0.497 e. The zero-order chi connectivity index (χ0) is 13.0. The Bertz CT molecular complexity index is 540. The van der Waals surface area contributed by atoms with E-state index in [1.54, 1.807) is 37.4 Å². The number of rotatable bonds is 4. The summed E-state index contributed by atoms with van der Waals surface area (Å²) in [6, 6.07) is 12.5. The van der Waals surface area contributed by atoms with Crippen LogP contribution in [0.25, 0.3) is 0 Å². The van der Waals surface area contributed by atoms with Gasteiger partial charge in [0.2, 0.25) is 0 Å². The number of hydrogen-bond acceptors (Lipinski definition) is 4. The molecule has 4 heteroatoms. The molecule has 94 valence electrons. The zero-order valence-corrected chi connectivity index (χ0v) is 10.1. The van der Waals surface area contributed by atoms with Crippen molar-refractivity contribution in [1.82, 2.24) is 0 Å². The largest absolute Gasteiger partial charge is 0.497 e. The Hall–Kier alpha value is -2.20. The first-order chi connectivity index (χ1) is 8.74. The van der Waals surface area contributed by atoms with E-state index in [1.807, 2.05) is 12.1 Å². The Kier molecular flexibility index (Phi) is 3.69. The highest BCUT2D eigenvalue weighted by molar-refractivity contribution is 5.57. The highest BCUT2D eigenvalue weighted by Gasteiger charge is 2.07. The molecule has 0 aromatic heterocycles. The van der Waals surface area contributed by atoms with Gasteiger partial charge in [-0.05, 0) is 18.2 Å². The second kappa shape index (κ2) is 5.42. The first kappa shape index (κ1) is 12.3. The normalized spacial score (nSPS) is 10.1. The third-order valence-corrected chi connectivity index (χ3v) is 2.58. The van der Waals surface area contributed by atoms with Crippen LogP contribution >= 0.6 is 0 Å². The predicted molar refractivity (Wildman–Crippen MR) is 69.8 cm³/mol. The lowest BCUT2D eigenvalue weighted by molar-refractivity contribution is 0.276. The second-order valence-electron chi connectivity index (χ2n) is 3.77. The van der Waals surface area contributed by atoms with Crippen LogP contribution in [-0.2, 0) is 6.61 Å². The third kappa shape index (κ3) is 2.55. The number of ether oxygens (including phenoxy) is 2. The molecule has 3 N–H and O–H groups in total. The Morgan fingerprint density at radius 3 is 2.61 bits per heavy atom. The van der Waals surface area contributed by atoms with Crippen LogP contribution in [0.1, 0.15) is 5.56 Å². The van der Waals surface area contributed by atoms with Gasteiger partial charge in [-0.1, -0.05) is 18.2 Å². The molecule has 18 heavy (non-hydrogen) atoms. The van der Waals surface area contributed by atoms with E-state index < -0.39 is 0 Å². The van der Waals surface area contributed by atoms with Crippen molar-refractivity contribution >= 4 is 5.69 Å². The van der Waals surface area contributed by atoms with Crippen LogP contribution in [0.3, 0.4) is 0 Å². The number of benzene rings is 2. The van der Waals surface area contributed by atoms with Gasteiger partial charge in [0.1, 0.15) is 11.5 Å². The van der Waals surface area contributed by atoms with Crippen LogP contribution < -0.4 is 15.2 Å². The lowest BCUT2D eigenvalue weighted by atomic mass is 10.2. The van der Waals surface area contributed by atoms with E-state index in [1.165, 1.54) is 0 Å². The molecule has 0 fully saturated rings. The summed E-state index contributed by atoms with van der Waals surface area (Å²) in [5, 5.41) is 9.23. The fourth-order valence-electron chi connectivity index (χ4n) is 1.58. The van der Waals surface area contributed by atoms with Crippen molar-refractivity contribution in [3.63, 3.8) is 0 Å². The molecule has 4 nitrogen and oxygen atoms in total. The van der Waals surface area contributed by atoms with Gasteiger partial charge in [-0.3, -0.25) is 0 Å². The average Bonchev–Trinajstić information content (AvgIpc) is 2.42. The first-order valence-electron chi connectivity index (χ1n) is 5.54. The summed E-state index contributed by atoms with van der Waals surface area (Å²) in [5.74, 6) is 1.76. The highest BCUT2D eigenvalue weighted by atomic mass is 16.5. The van der Waals surface area contributed by atoms with E-state index in [0.717, 1.165) is 0 Å². The Morgan fingerprint density at radius 2 is 1.89 bits per heavy atom. The number of methoxy groups -OCH3 is 1. The van der Waals surface area contributed by atoms with Gasteiger partial charge in [0.25, 0.3) is 0 Å². The summed E-state index contributed by atoms with van der Waals surface area (Å²) in [6.45, 7) is -0.0833. The molecule has 0 unspecified atom stereocenters. The number of hydrogen-bond donors (Lipinski definition) is 2. The van der Waals surface area contributed by atoms with Crippen molar-refractivity contribution in [3.05, 3.63) is 48.0 Å². The molecule has 0 amide bonds. The number of para-hydroxylation sites is 1. The Labute approximate surface area is 106 Å². The number of nitrogens with two attached hydrogens (primary N) is 1. The molecule has 0 saturated heterocycles. The first-order valence-corrected chi connectivity index (χ1v) is 5.54. The van der Waals surface area contributed by atoms with Gasteiger partial charge in [0, 0.05) is 11.6 Å².